The monoisotopic (exact) mass is 481 g/mol. The van der Waals surface area contributed by atoms with Crippen LogP contribution in [0.4, 0.5) is 13.2 Å². The molecule has 0 amide bonds. The largest absolute Gasteiger partial charge is 0.416 e. The van der Waals surface area contributed by atoms with E-state index in [0.29, 0.717) is 22.6 Å². The van der Waals surface area contributed by atoms with Crippen LogP contribution in [0.3, 0.4) is 0 Å². The van der Waals surface area contributed by atoms with Crippen molar-refractivity contribution in [3.63, 3.8) is 0 Å². The van der Waals surface area contributed by atoms with Crippen LogP contribution in [0.5, 0.6) is 0 Å². The van der Waals surface area contributed by atoms with E-state index in [4.69, 9.17) is 11.6 Å². The van der Waals surface area contributed by atoms with Crippen molar-refractivity contribution in [3.05, 3.63) is 106 Å². The maximum atomic E-state index is 13.3. The number of nitrogens with zero attached hydrogens (tertiary/aromatic N) is 2. The Labute approximate surface area is 202 Å². The molecule has 3 atom stereocenters. The van der Waals surface area contributed by atoms with E-state index in [9.17, 15) is 23.7 Å². The van der Waals surface area contributed by atoms with Gasteiger partial charge in [-0.3, -0.25) is 0 Å². The third-order valence-corrected chi connectivity index (χ3v) is 6.04. The predicted molar refractivity (Wildman–Crippen MR) is 126 cm³/mol. The maximum Gasteiger partial charge on any atom is 0.416 e. The highest BCUT2D eigenvalue weighted by atomic mass is 35.5. The van der Waals surface area contributed by atoms with Crippen molar-refractivity contribution in [2.75, 3.05) is 0 Å². The minimum atomic E-state index is -4.46. The Morgan fingerprint density at radius 2 is 1.62 bits per heavy atom. The van der Waals surface area contributed by atoms with Crippen LogP contribution in [0, 0.1) is 22.7 Å². The lowest BCUT2D eigenvalue weighted by Gasteiger charge is -2.30. The molecular weight excluding hydrogens is 459 g/mol. The summed E-state index contributed by atoms with van der Waals surface area (Å²) in [7, 11) is 0. The Bertz CT molecular complexity index is 1190. The molecule has 0 heterocycles. The number of halogens is 4. The van der Waals surface area contributed by atoms with Gasteiger partial charge in [-0.15, -0.1) is 0 Å². The summed E-state index contributed by atoms with van der Waals surface area (Å²) in [6, 6.07) is 23.2. The van der Waals surface area contributed by atoms with Gasteiger partial charge in [-0.2, -0.15) is 23.7 Å². The summed E-state index contributed by atoms with van der Waals surface area (Å²) in [6.07, 6.45) is -3.84. The summed E-state index contributed by atoms with van der Waals surface area (Å²) in [5.74, 6) is -0.110. The van der Waals surface area contributed by atoms with E-state index in [2.05, 4.69) is 17.5 Å². The fourth-order valence-corrected chi connectivity index (χ4v) is 4.15. The van der Waals surface area contributed by atoms with Crippen molar-refractivity contribution in [1.82, 2.24) is 5.32 Å². The van der Waals surface area contributed by atoms with Gasteiger partial charge in [-0.1, -0.05) is 48.0 Å². The normalized spacial score (nSPS) is 14.0. The maximum absolute atomic E-state index is 13.3. The van der Waals surface area contributed by atoms with Gasteiger partial charge in [-0.25, -0.2) is 0 Å². The molecule has 3 aromatic carbocycles. The molecule has 0 aliphatic carbocycles. The van der Waals surface area contributed by atoms with Crippen LogP contribution in [0.15, 0.2) is 72.8 Å². The average Bonchev–Trinajstić information content (AvgIpc) is 2.83. The molecule has 174 valence electrons. The second kappa shape index (κ2) is 11.2. The van der Waals surface area contributed by atoms with Gasteiger partial charge in [0.2, 0.25) is 0 Å². The average molecular weight is 482 g/mol. The van der Waals surface area contributed by atoms with Crippen LogP contribution in [0.1, 0.15) is 53.1 Å². The molecule has 3 rings (SSSR count). The summed E-state index contributed by atoms with van der Waals surface area (Å²) < 4.78 is 39.8. The van der Waals surface area contributed by atoms with Gasteiger partial charge in [0.05, 0.1) is 29.7 Å². The second-order valence-electron chi connectivity index (χ2n) is 8.17. The van der Waals surface area contributed by atoms with Gasteiger partial charge in [-0.05, 0) is 66.4 Å². The molecule has 0 aromatic heterocycles. The Morgan fingerprint density at radius 3 is 2.26 bits per heavy atom. The molecule has 2 unspecified atom stereocenters. The third-order valence-electron chi connectivity index (χ3n) is 5.79. The highest BCUT2D eigenvalue weighted by molar-refractivity contribution is 6.30. The lowest BCUT2D eigenvalue weighted by atomic mass is 9.85. The molecule has 0 spiro atoms. The number of rotatable bonds is 8. The Hall–Kier alpha value is -3.32. The Balaban J connectivity index is 1.93. The number of nitrogens with one attached hydrogen (secondary N) is 1. The first-order chi connectivity index (χ1) is 16.2. The van der Waals surface area contributed by atoms with Crippen LogP contribution < -0.4 is 5.32 Å². The van der Waals surface area contributed by atoms with Gasteiger partial charge in [0, 0.05) is 23.0 Å². The van der Waals surface area contributed by atoms with Crippen molar-refractivity contribution in [2.24, 2.45) is 0 Å². The summed E-state index contributed by atoms with van der Waals surface area (Å²) in [5, 5.41) is 22.7. The van der Waals surface area contributed by atoms with Crippen molar-refractivity contribution in [2.45, 2.75) is 43.9 Å². The molecule has 0 radical (unpaired) electrons. The minimum Gasteiger partial charge on any atom is -0.306 e. The van der Waals surface area contributed by atoms with Gasteiger partial charge < -0.3 is 5.32 Å². The third kappa shape index (κ3) is 6.60. The zero-order chi connectivity index (χ0) is 24.7. The van der Waals surface area contributed by atoms with E-state index >= 15 is 0 Å². The number of alkyl halides is 3. The fraction of sp³-hybridized carbons (Fsp3) is 0.259. The molecule has 34 heavy (non-hydrogen) atoms. The van der Waals surface area contributed by atoms with E-state index in [1.54, 1.807) is 24.3 Å². The van der Waals surface area contributed by atoms with Crippen molar-refractivity contribution >= 4 is 11.6 Å². The highest BCUT2D eigenvalue weighted by Gasteiger charge is 2.31. The zero-order valence-electron chi connectivity index (χ0n) is 18.5. The molecule has 0 bridgehead atoms. The first-order valence-electron chi connectivity index (χ1n) is 10.8. The smallest absolute Gasteiger partial charge is 0.306 e. The summed E-state index contributed by atoms with van der Waals surface area (Å²) in [4.78, 5) is 0. The summed E-state index contributed by atoms with van der Waals surface area (Å²) in [6.45, 7) is 1.94. The van der Waals surface area contributed by atoms with Gasteiger partial charge in [0.15, 0.2) is 0 Å². The predicted octanol–water partition coefficient (Wildman–Crippen LogP) is 7.19. The number of hydrogen-bond acceptors (Lipinski definition) is 3. The molecule has 0 aliphatic rings. The topological polar surface area (TPSA) is 59.6 Å². The minimum absolute atomic E-state index is 0.0115. The van der Waals surface area contributed by atoms with Crippen LogP contribution in [0.2, 0.25) is 5.02 Å². The SMILES string of the molecule is CC(N[C@@H](CC#N)c1cccc(C(F)(F)F)c1)C(Cc1ccc(Cl)cc1)c1cccc(C#N)c1. The second-order valence-corrected chi connectivity index (χ2v) is 8.60. The fourth-order valence-electron chi connectivity index (χ4n) is 4.03. The van der Waals surface area contributed by atoms with E-state index in [-0.39, 0.29) is 18.4 Å². The lowest BCUT2D eigenvalue weighted by Crippen LogP contribution is -2.36. The van der Waals surface area contributed by atoms with E-state index in [0.717, 1.165) is 23.3 Å². The highest BCUT2D eigenvalue weighted by Crippen LogP contribution is 2.33. The quantitative estimate of drug-likeness (QED) is 0.370. The summed E-state index contributed by atoms with van der Waals surface area (Å²) >= 11 is 6.02. The molecule has 3 aromatic rings. The molecule has 0 aliphatic heterocycles. The molecule has 0 saturated carbocycles. The lowest BCUT2D eigenvalue weighted by molar-refractivity contribution is -0.137. The van der Waals surface area contributed by atoms with Crippen LogP contribution >= 0.6 is 11.6 Å². The van der Waals surface area contributed by atoms with Crippen molar-refractivity contribution < 1.29 is 13.2 Å². The van der Waals surface area contributed by atoms with Gasteiger partial charge >= 0.3 is 6.18 Å². The first-order valence-corrected chi connectivity index (χ1v) is 11.1. The van der Waals surface area contributed by atoms with Crippen LogP contribution in [-0.4, -0.2) is 6.04 Å². The van der Waals surface area contributed by atoms with E-state index in [1.165, 1.54) is 6.07 Å². The molecule has 0 saturated heterocycles. The Kier molecular flexibility index (Phi) is 8.34. The molecule has 7 heteroatoms. The van der Waals surface area contributed by atoms with Crippen molar-refractivity contribution in [3.8, 4) is 12.1 Å². The van der Waals surface area contributed by atoms with Crippen LogP contribution in [0.25, 0.3) is 0 Å². The van der Waals surface area contributed by atoms with Crippen LogP contribution in [-0.2, 0) is 12.6 Å². The standard InChI is InChI=1S/C27H23ClF3N3/c1-18(34-26(12-13-32)22-6-3-7-23(16-22)27(29,30)31)25(15-19-8-10-24(28)11-9-19)21-5-2-4-20(14-21)17-33/h2-11,14,16,18,25-26,34H,12,15H2,1H3/t18?,25?,26-/m0/s1. The van der Waals surface area contributed by atoms with Crippen molar-refractivity contribution in [1.29, 1.82) is 10.5 Å². The number of benzene rings is 3. The van der Waals surface area contributed by atoms with Gasteiger partial charge in [0.1, 0.15) is 0 Å². The first kappa shape index (κ1) is 25.3. The zero-order valence-corrected chi connectivity index (χ0v) is 19.2. The molecule has 0 fully saturated rings. The molecule has 1 N–H and O–H groups in total. The molecule has 3 nitrogen and oxygen atoms in total. The van der Waals surface area contributed by atoms with Gasteiger partial charge in [0.25, 0.3) is 0 Å². The number of hydrogen-bond donors (Lipinski definition) is 1. The Morgan fingerprint density at radius 1 is 0.941 bits per heavy atom. The number of nitriles is 2. The molecular formula is C27H23ClF3N3. The van der Waals surface area contributed by atoms with E-state index in [1.807, 2.05) is 37.3 Å². The summed E-state index contributed by atoms with van der Waals surface area (Å²) in [5.41, 5.74) is 2.13. The van der Waals surface area contributed by atoms with E-state index < -0.39 is 17.8 Å².